The number of ether oxygens (including phenoxy) is 1. The lowest BCUT2D eigenvalue weighted by Gasteiger charge is -2.03. The van der Waals surface area contributed by atoms with Gasteiger partial charge in [0, 0.05) is 20.2 Å². The summed E-state index contributed by atoms with van der Waals surface area (Å²) in [5.74, 6) is 0.296. The lowest BCUT2D eigenvalue weighted by atomic mass is 10.4. The first-order valence-electron chi connectivity index (χ1n) is 4.97. The molecule has 0 aliphatic heterocycles. The molecule has 2 heterocycles. The normalized spacial score (nSPS) is 10.1. The highest BCUT2D eigenvalue weighted by Crippen LogP contribution is 2.28. The molecule has 0 spiro atoms. The quantitative estimate of drug-likeness (QED) is 0.635. The van der Waals surface area contributed by atoms with Crippen LogP contribution in [0.15, 0.2) is 18.5 Å². The van der Waals surface area contributed by atoms with Crippen LogP contribution in [0, 0.1) is 10.1 Å². The van der Waals surface area contributed by atoms with E-state index in [1.54, 1.807) is 14.1 Å². The van der Waals surface area contributed by atoms with Crippen molar-refractivity contribution in [1.82, 2.24) is 19.7 Å². The van der Waals surface area contributed by atoms with E-state index in [0.29, 0.717) is 5.82 Å². The van der Waals surface area contributed by atoms with Crippen molar-refractivity contribution in [3.8, 4) is 11.9 Å². The number of nitrogens with one attached hydrogen (secondary N) is 1. The number of hydrogen-bond donors (Lipinski definition) is 1. The molecule has 1 N–H and O–H groups in total. The number of nitrogens with zero attached hydrogens (tertiary/aromatic N) is 5. The first-order valence-corrected chi connectivity index (χ1v) is 4.97. The zero-order valence-corrected chi connectivity index (χ0v) is 9.69. The van der Waals surface area contributed by atoms with E-state index in [2.05, 4.69) is 20.4 Å². The molecule has 94 valence electrons. The summed E-state index contributed by atoms with van der Waals surface area (Å²) in [6.07, 6.45) is 1.42. The molecule has 9 heteroatoms. The minimum absolute atomic E-state index is 0.00125. The van der Waals surface area contributed by atoms with Crippen LogP contribution in [-0.2, 0) is 7.05 Å². The molecule has 2 aromatic rings. The summed E-state index contributed by atoms with van der Waals surface area (Å²) >= 11 is 0. The van der Waals surface area contributed by atoms with Gasteiger partial charge in [0.1, 0.15) is 12.1 Å². The van der Waals surface area contributed by atoms with Crippen LogP contribution >= 0.6 is 0 Å². The fourth-order valence-electron chi connectivity index (χ4n) is 1.24. The van der Waals surface area contributed by atoms with Gasteiger partial charge in [0.25, 0.3) is 0 Å². The second kappa shape index (κ2) is 4.65. The van der Waals surface area contributed by atoms with Gasteiger partial charge in [-0.15, -0.1) is 5.10 Å². The molecule has 0 aliphatic rings. The Bertz CT molecular complexity index is 581. The van der Waals surface area contributed by atoms with Gasteiger partial charge in [0.05, 0.1) is 4.92 Å². The number of pyridine rings is 1. The van der Waals surface area contributed by atoms with E-state index in [0.717, 1.165) is 0 Å². The third-order valence-electron chi connectivity index (χ3n) is 2.06. The minimum atomic E-state index is -0.579. The molecule has 0 aromatic carbocycles. The van der Waals surface area contributed by atoms with E-state index >= 15 is 0 Å². The van der Waals surface area contributed by atoms with E-state index in [4.69, 9.17) is 4.74 Å². The Morgan fingerprint density at radius 3 is 2.83 bits per heavy atom. The Kier molecular flexibility index (Phi) is 3.04. The number of anilines is 1. The molecule has 0 atom stereocenters. The predicted octanol–water partition coefficient (Wildman–Crippen LogP) is 0.952. The van der Waals surface area contributed by atoms with Gasteiger partial charge >= 0.3 is 17.6 Å². The molecule has 0 saturated carbocycles. The second-order valence-electron chi connectivity index (χ2n) is 3.33. The second-order valence-corrected chi connectivity index (χ2v) is 3.33. The summed E-state index contributed by atoms with van der Waals surface area (Å²) in [6, 6.07) is 2.79. The summed E-state index contributed by atoms with van der Waals surface area (Å²) in [7, 11) is 3.31. The van der Waals surface area contributed by atoms with Crippen molar-refractivity contribution in [1.29, 1.82) is 0 Å². The van der Waals surface area contributed by atoms with E-state index in [1.165, 1.54) is 23.1 Å². The number of nitro groups is 1. The molecular formula is C9H10N6O3. The lowest BCUT2D eigenvalue weighted by Crippen LogP contribution is -2.00. The largest absolute Gasteiger partial charge is 0.397 e. The molecular weight excluding hydrogens is 240 g/mol. The molecule has 0 saturated heterocycles. The molecule has 18 heavy (non-hydrogen) atoms. The number of aromatic nitrogens is 4. The molecule has 0 amide bonds. The highest BCUT2D eigenvalue weighted by molar-refractivity contribution is 5.49. The predicted molar refractivity (Wildman–Crippen MR) is 61.5 cm³/mol. The van der Waals surface area contributed by atoms with Crippen LogP contribution in [0.5, 0.6) is 11.9 Å². The van der Waals surface area contributed by atoms with Crippen molar-refractivity contribution < 1.29 is 9.66 Å². The van der Waals surface area contributed by atoms with Gasteiger partial charge in [-0.25, -0.2) is 0 Å². The van der Waals surface area contributed by atoms with E-state index in [1.807, 2.05) is 0 Å². The maximum Gasteiger partial charge on any atom is 0.342 e. The average Bonchev–Trinajstić information content (AvgIpc) is 2.74. The van der Waals surface area contributed by atoms with Gasteiger partial charge in [-0.3, -0.25) is 14.8 Å². The van der Waals surface area contributed by atoms with Crippen molar-refractivity contribution in [2.75, 3.05) is 12.4 Å². The molecule has 0 aliphatic carbocycles. The van der Waals surface area contributed by atoms with E-state index in [-0.39, 0.29) is 17.6 Å². The van der Waals surface area contributed by atoms with Crippen molar-refractivity contribution in [2.24, 2.45) is 7.05 Å². The number of hydrogen-bond acceptors (Lipinski definition) is 7. The Labute approximate surface area is 102 Å². The third kappa shape index (κ3) is 2.34. The van der Waals surface area contributed by atoms with Gasteiger partial charge in [0.15, 0.2) is 0 Å². The molecule has 9 nitrogen and oxygen atoms in total. The van der Waals surface area contributed by atoms with Crippen LogP contribution < -0.4 is 10.1 Å². The van der Waals surface area contributed by atoms with Crippen LogP contribution in [-0.4, -0.2) is 31.7 Å². The molecule has 0 fully saturated rings. The van der Waals surface area contributed by atoms with Crippen LogP contribution in [0.3, 0.4) is 0 Å². The Hall–Kier alpha value is -2.71. The first kappa shape index (κ1) is 11.8. The van der Waals surface area contributed by atoms with Crippen molar-refractivity contribution in [3.05, 3.63) is 28.6 Å². The van der Waals surface area contributed by atoms with Crippen LogP contribution in [0.4, 0.5) is 11.5 Å². The monoisotopic (exact) mass is 250 g/mol. The van der Waals surface area contributed by atoms with Gasteiger partial charge in [0.2, 0.25) is 0 Å². The van der Waals surface area contributed by atoms with Gasteiger partial charge in [-0.2, -0.15) is 9.97 Å². The highest BCUT2D eigenvalue weighted by Gasteiger charge is 2.19. The van der Waals surface area contributed by atoms with Gasteiger partial charge in [-0.05, 0) is 6.07 Å². The van der Waals surface area contributed by atoms with E-state index in [9.17, 15) is 10.1 Å². The zero-order valence-electron chi connectivity index (χ0n) is 9.69. The SMILES string of the molecule is CNc1ccc([N+](=O)[O-])c(Oc2ncn(C)n2)n1. The fourth-order valence-corrected chi connectivity index (χ4v) is 1.24. The maximum atomic E-state index is 10.8. The Morgan fingerprint density at radius 1 is 1.50 bits per heavy atom. The number of rotatable bonds is 4. The van der Waals surface area contributed by atoms with Gasteiger partial charge < -0.3 is 10.1 Å². The molecule has 0 unspecified atom stereocenters. The molecule has 2 rings (SSSR count). The molecule has 0 bridgehead atoms. The lowest BCUT2D eigenvalue weighted by molar-refractivity contribution is -0.386. The summed E-state index contributed by atoms with van der Waals surface area (Å²) in [6.45, 7) is 0. The molecule has 2 aromatic heterocycles. The Balaban J connectivity index is 2.37. The van der Waals surface area contributed by atoms with Gasteiger partial charge in [-0.1, -0.05) is 0 Å². The number of aryl methyl sites for hydroxylation is 1. The van der Waals surface area contributed by atoms with Crippen LogP contribution in [0.1, 0.15) is 0 Å². The summed E-state index contributed by atoms with van der Waals surface area (Å²) in [5.41, 5.74) is -0.249. The topological polar surface area (TPSA) is 108 Å². The first-order chi connectivity index (χ1) is 8.60. The summed E-state index contributed by atoms with van der Waals surface area (Å²) in [5, 5.41) is 17.5. The van der Waals surface area contributed by atoms with Crippen molar-refractivity contribution >= 4 is 11.5 Å². The minimum Gasteiger partial charge on any atom is -0.397 e. The average molecular weight is 250 g/mol. The van der Waals surface area contributed by atoms with Crippen molar-refractivity contribution in [3.63, 3.8) is 0 Å². The summed E-state index contributed by atoms with van der Waals surface area (Å²) in [4.78, 5) is 18.0. The Morgan fingerprint density at radius 2 is 2.28 bits per heavy atom. The third-order valence-corrected chi connectivity index (χ3v) is 2.06. The maximum absolute atomic E-state index is 10.8. The van der Waals surface area contributed by atoms with Crippen molar-refractivity contribution in [2.45, 2.75) is 0 Å². The van der Waals surface area contributed by atoms with Crippen LogP contribution in [0.2, 0.25) is 0 Å². The molecule has 0 radical (unpaired) electrons. The van der Waals surface area contributed by atoms with E-state index < -0.39 is 4.92 Å². The fraction of sp³-hybridized carbons (Fsp3) is 0.222. The smallest absolute Gasteiger partial charge is 0.342 e. The summed E-state index contributed by atoms with van der Waals surface area (Å²) < 4.78 is 6.62. The standard InChI is InChI=1S/C9H10N6O3/c1-10-7-4-3-6(15(16)17)8(12-7)18-9-11-5-14(2)13-9/h3-5H,1-2H3,(H,10,12). The van der Waals surface area contributed by atoms with Crippen LogP contribution in [0.25, 0.3) is 0 Å². The zero-order chi connectivity index (χ0) is 13.1. The highest BCUT2D eigenvalue weighted by atomic mass is 16.6.